The number of amides is 2. The van der Waals surface area contributed by atoms with E-state index in [1.807, 2.05) is 60.8 Å². The molecule has 0 bridgehead atoms. The van der Waals surface area contributed by atoms with Crippen LogP contribution in [0.2, 0.25) is 0 Å². The summed E-state index contributed by atoms with van der Waals surface area (Å²) in [5.41, 5.74) is 2.92. The minimum atomic E-state index is -0.122. The number of rotatable bonds is 3. The third-order valence-electron chi connectivity index (χ3n) is 3.44. The number of nitrogens with one attached hydrogen (secondary N) is 2. The molecular weight excluding hydrogens is 262 g/mol. The Bertz CT molecular complexity index is 749. The molecular formula is C17H17N3O. The lowest BCUT2D eigenvalue weighted by atomic mass is 10.2. The second kappa shape index (κ2) is 5.71. The van der Waals surface area contributed by atoms with E-state index in [0.29, 0.717) is 6.54 Å². The number of H-pyrrole nitrogens is 1. The number of anilines is 1. The van der Waals surface area contributed by atoms with Gasteiger partial charge < -0.3 is 15.2 Å². The summed E-state index contributed by atoms with van der Waals surface area (Å²) in [6.45, 7) is 0.578. The Morgan fingerprint density at radius 3 is 2.62 bits per heavy atom. The van der Waals surface area contributed by atoms with Crippen LogP contribution in [0.25, 0.3) is 10.9 Å². The van der Waals surface area contributed by atoms with Crippen molar-refractivity contribution in [1.82, 2.24) is 9.88 Å². The fourth-order valence-electron chi connectivity index (χ4n) is 2.31. The van der Waals surface area contributed by atoms with Crippen molar-refractivity contribution in [3.05, 3.63) is 66.4 Å². The highest BCUT2D eigenvalue weighted by Gasteiger charge is 2.11. The minimum absolute atomic E-state index is 0.122. The molecule has 0 saturated heterocycles. The Morgan fingerprint density at radius 1 is 1.10 bits per heavy atom. The summed E-state index contributed by atoms with van der Waals surface area (Å²) in [7, 11) is 1.79. The van der Waals surface area contributed by atoms with Gasteiger partial charge >= 0.3 is 6.03 Å². The van der Waals surface area contributed by atoms with E-state index in [1.54, 1.807) is 11.9 Å². The number of carbonyl (C=O) groups is 1. The van der Waals surface area contributed by atoms with Crippen LogP contribution in [0.15, 0.2) is 60.8 Å². The Balaban J connectivity index is 1.71. The van der Waals surface area contributed by atoms with Gasteiger partial charge in [-0.25, -0.2) is 4.79 Å². The largest absolute Gasteiger partial charge is 0.359 e. The monoisotopic (exact) mass is 279 g/mol. The number of carbonyl (C=O) groups excluding carboxylic acids is 1. The van der Waals surface area contributed by atoms with Gasteiger partial charge in [0.2, 0.25) is 0 Å². The molecule has 0 aliphatic rings. The molecule has 4 nitrogen and oxygen atoms in total. The van der Waals surface area contributed by atoms with Gasteiger partial charge in [-0.1, -0.05) is 48.5 Å². The van der Waals surface area contributed by atoms with Crippen LogP contribution >= 0.6 is 0 Å². The number of aromatic nitrogens is 1. The molecule has 0 spiro atoms. The summed E-state index contributed by atoms with van der Waals surface area (Å²) in [5.74, 6) is 0. The van der Waals surface area contributed by atoms with E-state index in [0.717, 1.165) is 22.2 Å². The molecule has 0 radical (unpaired) electrons. The van der Waals surface area contributed by atoms with E-state index < -0.39 is 0 Å². The van der Waals surface area contributed by atoms with Crippen molar-refractivity contribution in [3.8, 4) is 0 Å². The van der Waals surface area contributed by atoms with Gasteiger partial charge in [-0.3, -0.25) is 0 Å². The molecule has 0 unspecified atom stereocenters. The molecule has 106 valence electrons. The minimum Gasteiger partial charge on any atom is -0.359 e. The maximum atomic E-state index is 12.3. The van der Waals surface area contributed by atoms with Crippen LogP contribution in [0.3, 0.4) is 0 Å². The topological polar surface area (TPSA) is 48.1 Å². The summed E-state index contributed by atoms with van der Waals surface area (Å²) in [5, 5.41) is 3.95. The quantitative estimate of drug-likeness (QED) is 0.752. The van der Waals surface area contributed by atoms with Gasteiger partial charge in [-0.15, -0.1) is 0 Å². The molecule has 3 rings (SSSR count). The molecule has 2 N–H and O–H groups in total. The summed E-state index contributed by atoms with van der Waals surface area (Å²) < 4.78 is 0. The molecule has 3 aromatic rings. The average Bonchev–Trinajstić information content (AvgIpc) is 2.91. The highest BCUT2D eigenvalue weighted by Crippen LogP contribution is 2.22. The number of benzene rings is 2. The number of hydrogen-bond donors (Lipinski definition) is 2. The Labute approximate surface area is 123 Å². The first-order valence-electron chi connectivity index (χ1n) is 6.86. The number of aromatic amines is 1. The first-order chi connectivity index (χ1) is 10.2. The predicted molar refractivity (Wildman–Crippen MR) is 85.2 cm³/mol. The molecule has 0 atom stereocenters. The highest BCUT2D eigenvalue weighted by atomic mass is 16.2. The number of hydrogen-bond acceptors (Lipinski definition) is 1. The Kier molecular flexibility index (Phi) is 3.60. The Morgan fingerprint density at radius 2 is 1.81 bits per heavy atom. The zero-order chi connectivity index (χ0) is 14.7. The molecule has 2 amide bonds. The summed E-state index contributed by atoms with van der Waals surface area (Å²) in [6, 6.07) is 17.7. The molecule has 4 heteroatoms. The molecule has 2 aromatic carbocycles. The third kappa shape index (κ3) is 2.89. The van der Waals surface area contributed by atoms with Crippen LogP contribution in [-0.4, -0.2) is 23.0 Å². The smallest absolute Gasteiger partial charge is 0.321 e. The molecule has 0 fully saturated rings. The van der Waals surface area contributed by atoms with E-state index in [-0.39, 0.29) is 6.03 Å². The average molecular weight is 279 g/mol. The van der Waals surface area contributed by atoms with E-state index in [9.17, 15) is 4.79 Å². The van der Waals surface area contributed by atoms with Crippen molar-refractivity contribution in [2.45, 2.75) is 6.54 Å². The highest BCUT2D eigenvalue weighted by molar-refractivity contribution is 6.00. The summed E-state index contributed by atoms with van der Waals surface area (Å²) >= 11 is 0. The van der Waals surface area contributed by atoms with Crippen molar-refractivity contribution >= 4 is 22.6 Å². The SMILES string of the molecule is CN(Cc1ccccc1)C(=O)Nc1c[nH]c2ccccc12. The molecule has 0 aliphatic heterocycles. The summed E-state index contributed by atoms with van der Waals surface area (Å²) in [4.78, 5) is 17.1. The number of urea groups is 1. The van der Waals surface area contributed by atoms with Crippen LogP contribution in [0.4, 0.5) is 10.5 Å². The standard InChI is InChI=1S/C17H17N3O/c1-20(12-13-7-3-2-4-8-13)17(21)19-16-11-18-15-10-6-5-9-14(15)16/h2-11,18H,12H2,1H3,(H,19,21). The third-order valence-corrected chi connectivity index (χ3v) is 3.44. The lowest BCUT2D eigenvalue weighted by Gasteiger charge is -2.17. The number of para-hydroxylation sites is 1. The first kappa shape index (κ1) is 13.2. The van der Waals surface area contributed by atoms with Crippen molar-refractivity contribution < 1.29 is 4.79 Å². The number of fused-ring (bicyclic) bond motifs is 1. The van der Waals surface area contributed by atoms with Gasteiger partial charge in [0.25, 0.3) is 0 Å². The molecule has 0 saturated carbocycles. The lowest BCUT2D eigenvalue weighted by Crippen LogP contribution is -2.30. The predicted octanol–water partition coefficient (Wildman–Crippen LogP) is 3.83. The van der Waals surface area contributed by atoms with Gasteiger partial charge in [-0.2, -0.15) is 0 Å². The van der Waals surface area contributed by atoms with Gasteiger partial charge in [0.05, 0.1) is 5.69 Å². The van der Waals surface area contributed by atoms with Crippen molar-refractivity contribution in [2.75, 3.05) is 12.4 Å². The number of nitrogens with zero attached hydrogens (tertiary/aromatic N) is 1. The van der Waals surface area contributed by atoms with Crippen LogP contribution in [0, 0.1) is 0 Å². The van der Waals surface area contributed by atoms with E-state index >= 15 is 0 Å². The first-order valence-corrected chi connectivity index (χ1v) is 6.86. The molecule has 1 aromatic heterocycles. The molecule has 21 heavy (non-hydrogen) atoms. The van der Waals surface area contributed by atoms with Crippen molar-refractivity contribution in [1.29, 1.82) is 0 Å². The zero-order valence-electron chi connectivity index (χ0n) is 11.8. The molecule has 0 aliphatic carbocycles. The zero-order valence-corrected chi connectivity index (χ0v) is 11.8. The van der Waals surface area contributed by atoms with Gasteiger partial charge in [-0.05, 0) is 11.6 Å². The Hall–Kier alpha value is -2.75. The maximum absolute atomic E-state index is 12.3. The van der Waals surface area contributed by atoms with E-state index in [2.05, 4.69) is 10.3 Å². The van der Waals surface area contributed by atoms with E-state index in [1.165, 1.54) is 0 Å². The van der Waals surface area contributed by atoms with E-state index in [4.69, 9.17) is 0 Å². The van der Waals surface area contributed by atoms with Crippen molar-refractivity contribution in [3.63, 3.8) is 0 Å². The maximum Gasteiger partial charge on any atom is 0.321 e. The van der Waals surface area contributed by atoms with Gasteiger partial charge in [0.1, 0.15) is 0 Å². The van der Waals surface area contributed by atoms with Crippen molar-refractivity contribution in [2.24, 2.45) is 0 Å². The van der Waals surface area contributed by atoms with Crippen LogP contribution in [0.1, 0.15) is 5.56 Å². The van der Waals surface area contributed by atoms with Crippen LogP contribution in [0.5, 0.6) is 0 Å². The summed E-state index contributed by atoms with van der Waals surface area (Å²) in [6.07, 6.45) is 1.82. The normalized spacial score (nSPS) is 10.5. The molecule has 1 heterocycles. The second-order valence-electron chi connectivity index (χ2n) is 5.02. The second-order valence-corrected chi connectivity index (χ2v) is 5.02. The van der Waals surface area contributed by atoms with Gasteiger partial charge in [0, 0.05) is 30.7 Å². The lowest BCUT2D eigenvalue weighted by molar-refractivity contribution is 0.220. The van der Waals surface area contributed by atoms with Crippen LogP contribution < -0.4 is 5.32 Å². The van der Waals surface area contributed by atoms with Gasteiger partial charge in [0.15, 0.2) is 0 Å². The fourth-order valence-corrected chi connectivity index (χ4v) is 2.31. The van der Waals surface area contributed by atoms with Crippen LogP contribution in [-0.2, 0) is 6.54 Å². The fraction of sp³-hybridized carbons (Fsp3) is 0.118.